The molecule has 0 radical (unpaired) electrons. The van der Waals surface area contributed by atoms with Crippen LogP contribution < -0.4 is 22.1 Å². The molecule has 6 N–H and O–H groups in total. The summed E-state index contributed by atoms with van der Waals surface area (Å²) in [7, 11) is 1.82. The zero-order valence-corrected chi connectivity index (χ0v) is 23.6. The summed E-state index contributed by atoms with van der Waals surface area (Å²) < 4.78 is 5.32. The molecule has 6 aromatic rings. The van der Waals surface area contributed by atoms with Crippen LogP contribution in [0.15, 0.2) is 66.7 Å². The molecule has 5 aromatic heterocycles. The van der Waals surface area contributed by atoms with Crippen LogP contribution in [-0.2, 0) is 29.7 Å². The number of nitrogen functional groups attached to an aromatic ring is 2. The molecule has 0 aliphatic carbocycles. The number of hydrogen-bond acceptors (Lipinski definition) is 11. The van der Waals surface area contributed by atoms with Gasteiger partial charge in [0.1, 0.15) is 35.3 Å². The third-order valence-corrected chi connectivity index (χ3v) is 6.92. The van der Waals surface area contributed by atoms with Crippen molar-refractivity contribution in [2.45, 2.75) is 25.9 Å². The van der Waals surface area contributed by atoms with Crippen LogP contribution in [0.3, 0.4) is 0 Å². The summed E-state index contributed by atoms with van der Waals surface area (Å²) >= 11 is 0. The third-order valence-electron chi connectivity index (χ3n) is 6.92. The molecule has 1 aromatic carbocycles. The number of nitrogens with zero attached hydrogens (tertiary/aromatic N) is 10. The maximum absolute atomic E-state index is 12.6. The highest BCUT2D eigenvalue weighted by Crippen LogP contribution is 2.21. The molecule has 222 valence electrons. The fourth-order valence-electron chi connectivity index (χ4n) is 4.55. The molecule has 0 atom stereocenters. The van der Waals surface area contributed by atoms with Crippen molar-refractivity contribution in [3.8, 4) is 0 Å². The van der Waals surface area contributed by atoms with Crippen LogP contribution in [0.25, 0.3) is 22.3 Å². The molecule has 0 saturated heterocycles. The molecular formula is C28H28N14O2. The summed E-state index contributed by atoms with van der Waals surface area (Å²) in [5, 5.41) is 5.80. The molecule has 44 heavy (non-hydrogen) atoms. The molecule has 5 heterocycles. The minimum absolute atomic E-state index is 0.147. The number of fused-ring (bicyclic) bond motifs is 2. The highest BCUT2D eigenvalue weighted by molar-refractivity contribution is 5.92. The summed E-state index contributed by atoms with van der Waals surface area (Å²) in [4.78, 5) is 54.4. The molecule has 16 heteroatoms. The van der Waals surface area contributed by atoms with E-state index in [-0.39, 0.29) is 24.7 Å². The minimum Gasteiger partial charge on any atom is -0.382 e. The van der Waals surface area contributed by atoms with E-state index in [1.165, 1.54) is 12.7 Å². The Kier molecular flexibility index (Phi) is 7.60. The van der Waals surface area contributed by atoms with Gasteiger partial charge in [0.25, 0.3) is 0 Å². The molecule has 16 nitrogen and oxygen atoms in total. The summed E-state index contributed by atoms with van der Waals surface area (Å²) in [6.07, 6.45) is 8.09. The van der Waals surface area contributed by atoms with E-state index in [1.54, 1.807) is 50.8 Å². The summed E-state index contributed by atoms with van der Waals surface area (Å²) in [6, 6.07) is 10.9. The lowest BCUT2D eigenvalue weighted by atomic mass is 10.2. The lowest BCUT2D eigenvalue weighted by Gasteiger charge is -2.08. The van der Waals surface area contributed by atoms with Crippen molar-refractivity contribution in [3.63, 3.8) is 0 Å². The van der Waals surface area contributed by atoms with Gasteiger partial charge in [0, 0.05) is 44.9 Å². The van der Waals surface area contributed by atoms with Gasteiger partial charge >= 0.3 is 0 Å². The molecule has 0 bridgehead atoms. The Morgan fingerprint density at radius 1 is 0.773 bits per heavy atom. The van der Waals surface area contributed by atoms with E-state index in [4.69, 9.17) is 11.5 Å². The first kappa shape index (κ1) is 28.0. The number of nitrogens with two attached hydrogens (primary N) is 2. The van der Waals surface area contributed by atoms with E-state index >= 15 is 0 Å². The number of rotatable bonds is 10. The summed E-state index contributed by atoms with van der Waals surface area (Å²) in [5.41, 5.74) is 15.3. The summed E-state index contributed by atoms with van der Waals surface area (Å²) in [5.74, 6) is 1.56. The predicted octanol–water partition coefficient (Wildman–Crippen LogP) is 2.28. The molecule has 2 amide bonds. The number of nitrogens with one attached hydrogen (secondary N) is 2. The average molecular weight is 593 g/mol. The van der Waals surface area contributed by atoms with Gasteiger partial charge in [-0.25, -0.2) is 34.9 Å². The van der Waals surface area contributed by atoms with Gasteiger partial charge in [0.05, 0.1) is 12.7 Å². The van der Waals surface area contributed by atoms with Gasteiger partial charge < -0.3 is 35.8 Å². The number of imidazole rings is 2. The average Bonchev–Trinajstić information content (AvgIpc) is 3.73. The van der Waals surface area contributed by atoms with Gasteiger partial charge in [-0.1, -0.05) is 12.1 Å². The van der Waals surface area contributed by atoms with Gasteiger partial charge in [-0.3, -0.25) is 9.59 Å². The molecule has 0 aliphatic rings. The zero-order chi connectivity index (χ0) is 30.6. The number of aryl methyl sites for hydroxylation is 2. The van der Waals surface area contributed by atoms with E-state index in [0.717, 1.165) is 5.56 Å². The number of hydrogen-bond donors (Lipinski definition) is 4. The first-order valence-corrected chi connectivity index (χ1v) is 13.6. The van der Waals surface area contributed by atoms with E-state index in [0.29, 0.717) is 64.4 Å². The van der Waals surface area contributed by atoms with Crippen LogP contribution in [0.2, 0.25) is 0 Å². The van der Waals surface area contributed by atoms with E-state index in [9.17, 15) is 9.59 Å². The predicted molar refractivity (Wildman–Crippen MR) is 165 cm³/mol. The van der Waals surface area contributed by atoms with Gasteiger partial charge in [0.15, 0.2) is 22.9 Å². The molecule has 0 unspecified atom stereocenters. The standard InChI is InChI=1S/C28H28N14O2/c1-40-19(6-7-20(40)39-22(44)9-11-42-16-37-24-26(30)33-14-35-28(24)42)31-12-17-2-4-18(5-3-17)38-21(43)8-10-41-15-36-23-25(29)32-13-34-27(23)41/h2-7,12-16H,8-11H2,1H3,(H,38,43)(H,39,44)(H2,29,32,34)(H2,30,33,35). The van der Waals surface area contributed by atoms with Crippen LogP contribution in [0, 0.1) is 0 Å². The number of carbonyl (C=O) groups is 2. The van der Waals surface area contributed by atoms with E-state index in [2.05, 4.69) is 45.5 Å². The molecule has 6 rings (SSSR count). The van der Waals surface area contributed by atoms with Crippen molar-refractivity contribution in [3.05, 3.63) is 67.3 Å². The van der Waals surface area contributed by atoms with Crippen molar-refractivity contribution in [2.75, 3.05) is 22.1 Å². The number of carbonyl (C=O) groups excluding carboxylic acids is 2. The Bertz CT molecular complexity index is 2000. The first-order chi connectivity index (χ1) is 21.4. The normalized spacial score (nSPS) is 11.5. The molecule has 0 saturated carbocycles. The topological polar surface area (TPSA) is 215 Å². The lowest BCUT2D eigenvalue weighted by molar-refractivity contribution is -0.117. The van der Waals surface area contributed by atoms with Crippen LogP contribution in [0.1, 0.15) is 18.4 Å². The minimum atomic E-state index is -0.166. The third kappa shape index (κ3) is 5.89. The number of anilines is 4. The molecule has 0 aliphatic heterocycles. The number of benzene rings is 1. The number of amides is 2. The zero-order valence-electron chi connectivity index (χ0n) is 23.6. The monoisotopic (exact) mass is 592 g/mol. The Morgan fingerprint density at radius 3 is 1.93 bits per heavy atom. The Labute approximate surface area is 249 Å². The van der Waals surface area contributed by atoms with Crippen molar-refractivity contribution in [2.24, 2.45) is 12.0 Å². The van der Waals surface area contributed by atoms with Crippen molar-refractivity contribution >= 4 is 69.3 Å². The van der Waals surface area contributed by atoms with Crippen molar-refractivity contribution in [1.29, 1.82) is 0 Å². The smallest absolute Gasteiger partial charge is 0.227 e. The Balaban J connectivity index is 0.995. The maximum Gasteiger partial charge on any atom is 0.227 e. The van der Waals surface area contributed by atoms with Crippen LogP contribution in [0.5, 0.6) is 0 Å². The SMILES string of the molecule is Cn1c(N=Cc2ccc(NC(=O)CCn3cnc4c(N)ncnc43)cc2)ccc1NC(=O)CCn1cnc2c(N)ncnc21. The number of aliphatic imine (C=N–C) groups is 1. The van der Waals surface area contributed by atoms with Gasteiger partial charge in [-0.05, 0) is 29.8 Å². The fourth-order valence-corrected chi connectivity index (χ4v) is 4.55. The highest BCUT2D eigenvalue weighted by Gasteiger charge is 2.12. The van der Waals surface area contributed by atoms with Crippen molar-refractivity contribution < 1.29 is 9.59 Å². The maximum atomic E-state index is 12.6. The second kappa shape index (κ2) is 12.0. The van der Waals surface area contributed by atoms with Crippen LogP contribution >= 0.6 is 0 Å². The summed E-state index contributed by atoms with van der Waals surface area (Å²) in [6.45, 7) is 0.785. The van der Waals surface area contributed by atoms with Gasteiger partial charge in [-0.2, -0.15) is 0 Å². The van der Waals surface area contributed by atoms with Gasteiger partial charge in [-0.15, -0.1) is 0 Å². The largest absolute Gasteiger partial charge is 0.382 e. The molecule has 0 fully saturated rings. The van der Waals surface area contributed by atoms with Crippen molar-refractivity contribution in [1.82, 2.24) is 43.6 Å². The Hall–Kier alpha value is -6.19. The second-order valence-electron chi connectivity index (χ2n) is 9.85. The number of aromatic nitrogens is 9. The molecule has 0 spiro atoms. The lowest BCUT2D eigenvalue weighted by Crippen LogP contribution is -2.16. The van der Waals surface area contributed by atoms with E-state index in [1.807, 2.05) is 25.2 Å². The second-order valence-corrected chi connectivity index (χ2v) is 9.85. The fraction of sp³-hybridized carbons (Fsp3) is 0.179. The van der Waals surface area contributed by atoms with E-state index < -0.39 is 0 Å². The van der Waals surface area contributed by atoms with Gasteiger partial charge in [0.2, 0.25) is 11.8 Å². The van der Waals surface area contributed by atoms with Crippen LogP contribution in [-0.4, -0.2) is 61.6 Å². The first-order valence-electron chi connectivity index (χ1n) is 13.6. The van der Waals surface area contributed by atoms with Crippen LogP contribution in [0.4, 0.5) is 29.0 Å². The quantitative estimate of drug-likeness (QED) is 0.170. The highest BCUT2D eigenvalue weighted by atomic mass is 16.2. The Morgan fingerprint density at radius 2 is 1.34 bits per heavy atom. The molecular weight excluding hydrogens is 564 g/mol.